The lowest BCUT2D eigenvalue weighted by Crippen LogP contribution is -2.34. The van der Waals surface area contributed by atoms with E-state index in [1.807, 2.05) is 25.1 Å². The summed E-state index contributed by atoms with van der Waals surface area (Å²) in [6.07, 6.45) is 6.98. The smallest absolute Gasteiger partial charge is 0.0896 e. The van der Waals surface area contributed by atoms with E-state index in [2.05, 4.69) is 24.8 Å². The second-order valence-electron chi connectivity index (χ2n) is 5.45. The fraction of sp³-hybridized carbons (Fsp3) is 0.412. The fourth-order valence-corrected chi connectivity index (χ4v) is 2.78. The molecule has 1 aromatic carbocycles. The zero-order valence-electron chi connectivity index (χ0n) is 11.2. The van der Waals surface area contributed by atoms with E-state index >= 15 is 0 Å². The first-order valence-corrected chi connectivity index (χ1v) is 6.73. The molecule has 0 aliphatic heterocycles. The minimum Gasteiger partial charge on any atom is -0.385 e. The molecule has 0 spiro atoms. The predicted octanol–water partition coefficient (Wildman–Crippen LogP) is 4.34. The lowest BCUT2D eigenvalue weighted by molar-refractivity contribution is 0.0534. The molecule has 1 aliphatic rings. The molecule has 0 bridgehead atoms. The molecule has 1 nitrogen and oxygen atoms in total. The summed E-state index contributed by atoms with van der Waals surface area (Å²) in [5, 5.41) is 10.8. The molecule has 1 N–H and O–H groups in total. The Hall–Kier alpha value is -1.34. The van der Waals surface area contributed by atoms with Crippen LogP contribution in [0.4, 0.5) is 0 Å². The van der Waals surface area contributed by atoms with E-state index in [9.17, 15) is 5.11 Å². The van der Waals surface area contributed by atoms with E-state index in [0.717, 1.165) is 24.8 Å². The third-order valence-electron chi connectivity index (χ3n) is 3.62. The van der Waals surface area contributed by atoms with Crippen LogP contribution in [0.25, 0.3) is 6.08 Å². The molecular weight excluding hydrogens is 220 g/mol. The maximum absolute atomic E-state index is 10.8. The van der Waals surface area contributed by atoms with E-state index in [1.165, 1.54) is 17.6 Å². The van der Waals surface area contributed by atoms with Gasteiger partial charge in [-0.2, -0.15) is 0 Å². The summed E-state index contributed by atoms with van der Waals surface area (Å²) in [4.78, 5) is 0. The van der Waals surface area contributed by atoms with Gasteiger partial charge < -0.3 is 5.11 Å². The van der Waals surface area contributed by atoms with Gasteiger partial charge in [0, 0.05) is 6.42 Å². The highest BCUT2D eigenvalue weighted by Crippen LogP contribution is 2.38. The lowest BCUT2D eigenvalue weighted by Gasteiger charge is -2.35. The zero-order valence-corrected chi connectivity index (χ0v) is 11.2. The van der Waals surface area contributed by atoms with Gasteiger partial charge >= 0.3 is 0 Å². The maximum Gasteiger partial charge on any atom is 0.0896 e. The second kappa shape index (κ2) is 5.53. The normalized spacial score (nSPS) is 26.2. The minimum atomic E-state index is -0.667. The van der Waals surface area contributed by atoms with E-state index in [0.29, 0.717) is 6.42 Å². The van der Waals surface area contributed by atoms with Crippen molar-refractivity contribution in [3.05, 3.63) is 53.6 Å². The van der Waals surface area contributed by atoms with Crippen LogP contribution in [0.3, 0.4) is 0 Å². The van der Waals surface area contributed by atoms with Crippen molar-refractivity contribution in [1.29, 1.82) is 0 Å². The second-order valence-corrected chi connectivity index (χ2v) is 5.45. The van der Waals surface area contributed by atoms with Gasteiger partial charge in [-0.25, -0.2) is 0 Å². The van der Waals surface area contributed by atoms with Crippen LogP contribution in [0.1, 0.15) is 44.6 Å². The fourth-order valence-electron chi connectivity index (χ4n) is 2.78. The molecule has 0 aromatic heterocycles. The molecule has 0 heterocycles. The molecule has 96 valence electrons. The van der Waals surface area contributed by atoms with Gasteiger partial charge in [-0.3, -0.25) is 0 Å². The van der Waals surface area contributed by atoms with E-state index in [1.54, 1.807) is 0 Å². The highest BCUT2D eigenvalue weighted by Gasteiger charge is 2.33. The Morgan fingerprint density at radius 3 is 2.72 bits per heavy atom. The SMILES string of the molecule is C=C(C)C[C@]1(O)CCCC/C1=C/c1ccccc1. The molecule has 1 fully saturated rings. The molecule has 1 atom stereocenters. The summed E-state index contributed by atoms with van der Waals surface area (Å²) in [7, 11) is 0. The van der Waals surface area contributed by atoms with Gasteiger partial charge in [0.2, 0.25) is 0 Å². The summed E-state index contributed by atoms with van der Waals surface area (Å²) in [5.41, 5.74) is 2.73. The quantitative estimate of drug-likeness (QED) is 0.782. The van der Waals surface area contributed by atoms with Crippen molar-refractivity contribution >= 4 is 6.08 Å². The van der Waals surface area contributed by atoms with Crippen LogP contribution < -0.4 is 0 Å². The summed E-state index contributed by atoms with van der Waals surface area (Å²) < 4.78 is 0. The molecule has 0 unspecified atom stereocenters. The molecule has 1 heteroatoms. The van der Waals surface area contributed by atoms with Crippen molar-refractivity contribution in [2.24, 2.45) is 0 Å². The first kappa shape index (κ1) is 13.1. The van der Waals surface area contributed by atoms with Gasteiger partial charge in [-0.15, -0.1) is 6.58 Å². The van der Waals surface area contributed by atoms with Crippen molar-refractivity contribution in [2.45, 2.75) is 44.6 Å². The van der Waals surface area contributed by atoms with Crippen molar-refractivity contribution in [1.82, 2.24) is 0 Å². The minimum absolute atomic E-state index is 0.667. The predicted molar refractivity (Wildman–Crippen MR) is 77.3 cm³/mol. The van der Waals surface area contributed by atoms with Gasteiger partial charge in [-0.1, -0.05) is 42.0 Å². The number of aliphatic hydroxyl groups is 1. The Morgan fingerprint density at radius 1 is 1.33 bits per heavy atom. The molecule has 1 aromatic rings. The lowest BCUT2D eigenvalue weighted by atomic mass is 9.76. The van der Waals surface area contributed by atoms with Crippen LogP contribution in [-0.4, -0.2) is 10.7 Å². The maximum atomic E-state index is 10.8. The molecule has 2 rings (SSSR count). The largest absolute Gasteiger partial charge is 0.385 e. The molecule has 1 saturated carbocycles. The number of hydrogen-bond acceptors (Lipinski definition) is 1. The molecule has 0 radical (unpaired) electrons. The van der Waals surface area contributed by atoms with Gasteiger partial charge in [0.25, 0.3) is 0 Å². The molecule has 1 aliphatic carbocycles. The first-order valence-electron chi connectivity index (χ1n) is 6.73. The summed E-state index contributed by atoms with van der Waals surface area (Å²) >= 11 is 0. The van der Waals surface area contributed by atoms with Crippen molar-refractivity contribution in [2.75, 3.05) is 0 Å². The third kappa shape index (κ3) is 3.11. The Bertz CT molecular complexity index is 444. The van der Waals surface area contributed by atoms with Crippen LogP contribution in [0, 0.1) is 0 Å². The third-order valence-corrected chi connectivity index (χ3v) is 3.62. The van der Waals surface area contributed by atoms with Gasteiger partial charge in [0.1, 0.15) is 0 Å². The van der Waals surface area contributed by atoms with Crippen LogP contribution in [0.2, 0.25) is 0 Å². The molecular formula is C17H22O. The van der Waals surface area contributed by atoms with E-state index in [4.69, 9.17) is 0 Å². The average Bonchev–Trinajstić information content (AvgIpc) is 2.32. The Balaban J connectivity index is 2.28. The number of hydrogen-bond donors (Lipinski definition) is 1. The summed E-state index contributed by atoms with van der Waals surface area (Å²) in [5.74, 6) is 0. The molecule has 18 heavy (non-hydrogen) atoms. The van der Waals surface area contributed by atoms with Crippen molar-refractivity contribution in [3.8, 4) is 0 Å². The Kier molecular flexibility index (Phi) is 4.03. The average molecular weight is 242 g/mol. The number of benzene rings is 1. The van der Waals surface area contributed by atoms with Gasteiger partial charge in [0.15, 0.2) is 0 Å². The molecule has 0 amide bonds. The monoisotopic (exact) mass is 242 g/mol. The van der Waals surface area contributed by atoms with Crippen LogP contribution in [0.5, 0.6) is 0 Å². The highest BCUT2D eigenvalue weighted by molar-refractivity contribution is 5.55. The summed E-state index contributed by atoms with van der Waals surface area (Å²) in [6.45, 7) is 5.94. The van der Waals surface area contributed by atoms with Crippen molar-refractivity contribution in [3.63, 3.8) is 0 Å². The summed E-state index contributed by atoms with van der Waals surface area (Å²) in [6, 6.07) is 10.3. The molecule has 0 saturated heterocycles. The van der Waals surface area contributed by atoms with Crippen LogP contribution in [0.15, 0.2) is 48.1 Å². The topological polar surface area (TPSA) is 20.2 Å². The van der Waals surface area contributed by atoms with Crippen LogP contribution >= 0.6 is 0 Å². The Morgan fingerprint density at radius 2 is 2.06 bits per heavy atom. The Labute approximate surface area is 110 Å². The standard InChI is InChI=1S/C17H22O/c1-14(2)13-17(18)11-7-6-10-16(17)12-15-8-4-3-5-9-15/h3-5,8-9,12,18H,1,6-7,10-11,13H2,2H3/b16-12-/t17-/m1/s1. The zero-order chi connectivity index (χ0) is 13.0. The van der Waals surface area contributed by atoms with Crippen LogP contribution in [-0.2, 0) is 0 Å². The number of rotatable bonds is 3. The van der Waals surface area contributed by atoms with Gasteiger partial charge in [-0.05, 0) is 43.7 Å². The first-order chi connectivity index (χ1) is 8.60. The van der Waals surface area contributed by atoms with E-state index in [-0.39, 0.29) is 0 Å². The van der Waals surface area contributed by atoms with Gasteiger partial charge in [0.05, 0.1) is 5.60 Å². The highest BCUT2D eigenvalue weighted by atomic mass is 16.3. The van der Waals surface area contributed by atoms with E-state index < -0.39 is 5.60 Å². The van der Waals surface area contributed by atoms with Crippen molar-refractivity contribution < 1.29 is 5.11 Å².